The molecular formula is C11H17NS. The Bertz CT molecular complexity index is 310. The van der Waals surface area contributed by atoms with Crippen molar-refractivity contribution in [2.45, 2.75) is 40.5 Å². The molecule has 0 saturated carbocycles. The van der Waals surface area contributed by atoms with Gasteiger partial charge in [-0.25, -0.2) is 4.98 Å². The average Bonchev–Trinajstić information content (AvgIpc) is 2.46. The number of aromatic nitrogens is 1. The lowest BCUT2D eigenvalue weighted by Crippen LogP contribution is -1.83. The van der Waals surface area contributed by atoms with Crippen LogP contribution in [-0.2, 0) is 6.42 Å². The third kappa shape index (κ3) is 2.66. The number of rotatable bonds is 3. The smallest absolute Gasteiger partial charge is 0.0903 e. The Hall–Kier alpha value is -0.630. The van der Waals surface area contributed by atoms with Gasteiger partial charge >= 0.3 is 0 Å². The second kappa shape index (κ2) is 4.56. The minimum atomic E-state index is 1.03. The van der Waals surface area contributed by atoms with E-state index in [9.17, 15) is 0 Å². The lowest BCUT2D eigenvalue weighted by molar-refractivity contribution is 1.04. The van der Waals surface area contributed by atoms with Crippen LogP contribution in [-0.4, -0.2) is 4.98 Å². The first-order chi connectivity index (χ1) is 6.17. The molecule has 0 bridgehead atoms. The van der Waals surface area contributed by atoms with Crippen LogP contribution in [0.4, 0.5) is 0 Å². The number of nitrogens with zero attached hydrogens (tertiary/aromatic N) is 1. The summed E-state index contributed by atoms with van der Waals surface area (Å²) in [7, 11) is 0. The third-order valence-corrected chi connectivity index (χ3v) is 3.06. The maximum Gasteiger partial charge on any atom is 0.0903 e. The van der Waals surface area contributed by atoms with Gasteiger partial charge in [0, 0.05) is 0 Å². The standard InChI is InChI=1S/C11H17NS/c1-5-8(3)7-11-10(6-2)12-9(4)13-11/h7H,5-6H2,1-4H3/b8-7-. The maximum absolute atomic E-state index is 4.49. The Morgan fingerprint density at radius 3 is 2.69 bits per heavy atom. The maximum atomic E-state index is 4.49. The lowest BCUT2D eigenvalue weighted by Gasteiger charge is -1.95. The first-order valence-electron chi connectivity index (χ1n) is 4.80. The van der Waals surface area contributed by atoms with E-state index in [1.807, 2.05) is 0 Å². The Balaban J connectivity index is 2.99. The molecule has 0 unspecified atom stereocenters. The van der Waals surface area contributed by atoms with E-state index in [0.717, 1.165) is 12.8 Å². The summed E-state index contributed by atoms with van der Waals surface area (Å²) < 4.78 is 0. The van der Waals surface area contributed by atoms with Gasteiger partial charge < -0.3 is 0 Å². The number of aryl methyl sites for hydroxylation is 2. The fourth-order valence-corrected chi connectivity index (χ4v) is 2.22. The number of allylic oxidation sites excluding steroid dienone is 1. The van der Waals surface area contributed by atoms with Crippen molar-refractivity contribution < 1.29 is 0 Å². The molecule has 13 heavy (non-hydrogen) atoms. The second-order valence-electron chi connectivity index (χ2n) is 3.24. The van der Waals surface area contributed by atoms with Crippen LogP contribution in [0.25, 0.3) is 6.08 Å². The molecule has 0 N–H and O–H groups in total. The zero-order valence-electron chi connectivity index (χ0n) is 8.85. The van der Waals surface area contributed by atoms with Crippen molar-refractivity contribution in [2.75, 3.05) is 0 Å². The van der Waals surface area contributed by atoms with Crippen LogP contribution in [0.2, 0.25) is 0 Å². The van der Waals surface area contributed by atoms with E-state index >= 15 is 0 Å². The van der Waals surface area contributed by atoms with Gasteiger partial charge in [0.15, 0.2) is 0 Å². The largest absolute Gasteiger partial charge is 0.246 e. The molecule has 72 valence electrons. The molecule has 0 radical (unpaired) electrons. The zero-order valence-corrected chi connectivity index (χ0v) is 9.66. The molecular weight excluding hydrogens is 178 g/mol. The Morgan fingerprint density at radius 2 is 2.15 bits per heavy atom. The van der Waals surface area contributed by atoms with Gasteiger partial charge in [0.05, 0.1) is 15.6 Å². The van der Waals surface area contributed by atoms with Gasteiger partial charge in [0.2, 0.25) is 0 Å². The first-order valence-corrected chi connectivity index (χ1v) is 5.62. The highest BCUT2D eigenvalue weighted by Gasteiger charge is 2.04. The second-order valence-corrected chi connectivity index (χ2v) is 4.48. The third-order valence-electron chi connectivity index (χ3n) is 2.10. The number of thiazole rings is 1. The van der Waals surface area contributed by atoms with Gasteiger partial charge in [0.25, 0.3) is 0 Å². The molecule has 0 amide bonds. The summed E-state index contributed by atoms with van der Waals surface area (Å²) in [6.45, 7) is 8.59. The van der Waals surface area contributed by atoms with E-state index < -0.39 is 0 Å². The highest BCUT2D eigenvalue weighted by atomic mass is 32.1. The monoisotopic (exact) mass is 195 g/mol. The highest BCUT2D eigenvalue weighted by molar-refractivity contribution is 7.12. The number of hydrogen-bond acceptors (Lipinski definition) is 2. The SMILES string of the molecule is CC/C(C)=C\c1sc(C)nc1CC. The Labute approximate surface area is 84.5 Å². The van der Waals surface area contributed by atoms with Gasteiger partial charge in [-0.05, 0) is 32.8 Å². The molecule has 0 atom stereocenters. The van der Waals surface area contributed by atoms with Crippen molar-refractivity contribution in [1.82, 2.24) is 4.98 Å². The van der Waals surface area contributed by atoms with E-state index in [-0.39, 0.29) is 0 Å². The zero-order chi connectivity index (χ0) is 9.84. The summed E-state index contributed by atoms with van der Waals surface area (Å²) >= 11 is 1.80. The quantitative estimate of drug-likeness (QED) is 0.714. The summed E-state index contributed by atoms with van der Waals surface area (Å²) in [5, 5.41) is 1.17. The van der Waals surface area contributed by atoms with Crippen molar-refractivity contribution in [3.8, 4) is 0 Å². The van der Waals surface area contributed by atoms with Gasteiger partial charge in [-0.2, -0.15) is 0 Å². The minimum absolute atomic E-state index is 1.03. The highest BCUT2D eigenvalue weighted by Crippen LogP contribution is 2.22. The fraction of sp³-hybridized carbons (Fsp3) is 0.545. The average molecular weight is 195 g/mol. The molecule has 1 aromatic heterocycles. The topological polar surface area (TPSA) is 12.9 Å². The Morgan fingerprint density at radius 1 is 1.46 bits per heavy atom. The van der Waals surface area contributed by atoms with Crippen LogP contribution in [0.3, 0.4) is 0 Å². The molecule has 0 saturated heterocycles. The predicted octanol–water partition coefficient (Wildman–Crippen LogP) is 3.83. The van der Waals surface area contributed by atoms with Crippen LogP contribution in [0.5, 0.6) is 0 Å². The molecule has 1 aromatic rings. The molecule has 1 rings (SSSR count). The van der Waals surface area contributed by atoms with E-state index in [2.05, 4.69) is 38.8 Å². The van der Waals surface area contributed by atoms with Crippen molar-refractivity contribution in [1.29, 1.82) is 0 Å². The van der Waals surface area contributed by atoms with Gasteiger partial charge in [-0.1, -0.05) is 19.4 Å². The van der Waals surface area contributed by atoms with Crippen LogP contribution >= 0.6 is 11.3 Å². The van der Waals surface area contributed by atoms with E-state index in [4.69, 9.17) is 0 Å². The van der Waals surface area contributed by atoms with Gasteiger partial charge in [-0.3, -0.25) is 0 Å². The van der Waals surface area contributed by atoms with Crippen LogP contribution in [0.15, 0.2) is 5.57 Å². The van der Waals surface area contributed by atoms with Crippen LogP contribution in [0, 0.1) is 6.92 Å². The van der Waals surface area contributed by atoms with E-state index in [1.54, 1.807) is 11.3 Å². The normalized spacial score (nSPS) is 12.2. The molecule has 2 heteroatoms. The first kappa shape index (κ1) is 10.5. The van der Waals surface area contributed by atoms with Crippen molar-refractivity contribution in [2.24, 2.45) is 0 Å². The summed E-state index contributed by atoms with van der Waals surface area (Å²) in [6, 6.07) is 0. The molecule has 0 fully saturated rings. The fourth-order valence-electron chi connectivity index (χ4n) is 1.18. The van der Waals surface area contributed by atoms with Crippen LogP contribution < -0.4 is 0 Å². The van der Waals surface area contributed by atoms with Crippen LogP contribution in [0.1, 0.15) is 42.8 Å². The molecule has 1 nitrogen and oxygen atoms in total. The van der Waals surface area contributed by atoms with Crippen molar-refractivity contribution in [3.05, 3.63) is 21.2 Å². The lowest BCUT2D eigenvalue weighted by atomic mass is 10.2. The molecule has 0 spiro atoms. The summed E-state index contributed by atoms with van der Waals surface area (Å²) in [5.74, 6) is 0. The van der Waals surface area contributed by atoms with E-state index in [1.165, 1.54) is 21.2 Å². The van der Waals surface area contributed by atoms with Crippen molar-refractivity contribution in [3.63, 3.8) is 0 Å². The van der Waals surface area contributed by atoms with Crippen molar-refractivity contribution >= 4 is 17.4 Å². The molecule has 0 aliphatic rings. The molecule has 0 aromatic carbocycles. The molecule has 0 aliphatic heterocycles. The molecule has 0 aliphatic carbocycles. The molecule has 1 heterocycles. The Kier molecular flexibility index (Phi) is 3.67. The van der Waals surface area contributed by atoms with Gasteiger partial charge in [-0.15, -0.1) is 11.3 Å². The number of hydrogen-bond donors (Lipinski definition) is 0. The minimum Gasteiger partial charge on any atom is -0.246 e. The summed E-state index contributed by atoms with van der Waals surface area (Å²) in [4.78, 5) is 5.84. The summed E-state index contributed by atoms with van der Waals surface area (Å²) in [5.41, 5.74) is 2.67. The summed E-state index contributed by atoms with van der Waals surface area (Å²) in [6.07, 6.45) is 4.43. The van der Waals surface area contributed by atoms with Gasteiger partial charge in [0.1, 0.15) is 0 Å². The van der Waals surface area contributed by atoms with E-state index in [0.29, 0.717) is 0 Å². The predicted molar refractivity (Wildman–Crippen MR) is 60.2 cm³/mol.